The van der Waals surface area contributed by atoms with Gasteiger partial charge in [0.15, 0.2) is 11.5 Å². The number of aliphatic hydroxyl groups excluding tert-OH is 1. The summed E-state index contributed by atoms with van der Waals surface area (Å²) < 4.78 is 11.1. The van der Waals surface area contributed by atoms with E-state index in [1.807, 2.05) is 38.1 Å². The second-order valence-corrected chi connectivity index (χ2v) is 8.26. The molecule has 1 aromatic rings. The van der Waals surface area contributed by atoms with Crippen LogP contribution in [0.2, 0.25) is 0 Å². The van der Waals surface area contributed by atoms with Crippen LogP contribution in [-0.2, 0) is 4.79 Å². The van der Waals surface area contributed by atoms with Gasteiger partial charge in [-0.05, 0) is 50.3 Å². The number of nitrogens with one attached hydrogen (secondary N) is 1. The molecule has 164 valence electrons. The predicted octanol–water partition coefficient (Wildman–Crippen LogP) is 3.36. The Hall–Kier alpha value is -2.54. The first-order valence-corrected chi connectivity index (χ1v) is 10.6. The number of allylic oxidation sites excluding steroid dienone is 1. The van der Waals surface area contributed by atoms with Crippen LogP contribution in [0.4, 0.5) is 4.79 Å². The summed E-state index contributed by atoms with van der Waals surface area (Å²) in [4.78, 5) is 26.6. The van der Waals surface area contributed by atoms with Crippen molar-refractivity contribution in [1.29, 1.82) is 0 Å². The van der Waals surface area contributed by atoms with Crippen molar-refractivity contribution in [2.24, 2.45) is 5.92 Å². The summed E-state index contributed by atoms with van der Waals surface area (Å²) in [6.07, 6.45) is 8.07. The summed E-state index contributed by atoms with van der Waals surface area (Å²) in [6.45, 7) is 3.58. The number of carbonyl (C=O) groups is 2. The van der Waals surface area contributed by atoms with Crippen LogP contribution in [0.5, 0.6) is 11.5 Å². The first-order valence-electron chi connectivity index (χ1n) is 10.6. The molecule has 3 rings (SSSR count). The maximum atomic E-state index is 13.0. The number of amides is 3. The van der Waals surface area contributed by atoms with E-state index >= 15 is 0 Å². The minimum atomic E-state index is -1.01. The van der Waals surface area contributed by atoms with Crippen molar-refractivity contribution < 1.29 is 24.2 Å². The van der Waals surface area contributed by atoms with Gasteiger partial charge in [-0.1, -0.05) is 37.5 Å². The van der Waals surface area contributed by atoms with Crippen LogP contribution in [0.25, 0.3) is 6.08 Å². The Morgan fingerprint density at radius 3 is 2.67 bits per heavy atom. The fraction of sp³-hybridized carbons (Fsp3) is 0.565. The fourth-order valence-electron chi connectivity index (χ4n) is 4.39. The number of urea groups is 1. The Bertz CT molecular complexity index is 803. The van der Waals surface area contributed by atoms with E-state index in [0.717, 1.165) is 36.1 Å². The molecule has 1 aliphatic heterocycles. The lowest BCUT2D eigenvalue weighted by atomic mass is 9.75. The van der Waals surface area contributed by atoms with Crippen LogP contribution in [-0.4, -0.2) is 53.8 Å². The molecule has 1 aromatic carbocycles. The zero-order chi connectivity index (χ0) is 21.7. The Labute approximate surface area is 178 Å². The van der Waals surface area contributed by atoms with Gasteiger partial charge in [-0.25, -0.2) is 4.79 Å². The lowest BCUT2D eigenvalue weighted by Crippen LogP contribution is -2.51. The smallest absolute Gasteiger partial charge is 0.325 e. The molecule has 0 radical (unpaired) electrons. The molecule has 2 unspecified atom stereocenters. The lowest BCUT2D eigenvalue weighted by Gasteiger charge is -2.34. The Morgan fingerprint density at radius 2 is 2.00 bits per heavy atom. The highest BCUT2D eigenvalue weighted by molar-refractivity contribution is 6.07. The number of imide groups is 1. The molecule has 3 amide bonds. The van der Waals surface area contributed by atoms with Gasteiger partial charge in [0.1, 0.15) is 18.2 Å². The number of nitrogens with zero attached hydrogens (tertiary/aromatic N) is 1. The summed E-state index contributed by atoms with van der Waals surface area (Å²) in [5.41, 5.74) is 0.0905. The number of β-amino-alcohol motifs (C(OH)–C–C–N with tert-alkyl or cyclic N) is 1. The van der Waals surface area contributed by atoms with Crippen molar-refractivity contribution in [1.82, 2.24) is 10.2 Å². The molecule has 2 fully saturated rings. The predicted molar refractivity (Wildman–Crippen MR) is 114 cm³/mol. The number of carbonyl (C=O) groups excluding carboxylic acids is 2. The normalized spacial score (nSPS) is 23.7. The second kappa shape index (κ2) is 9.51. The second-order valence-electron chi connectivity index (χ2n) is 8.26. The molecule has 2 aliphatic rings. The molecule has 2 N–H and O–H groups in total. The SMILES string of the molecule is C/C=C/c1ccc(OCC(O)CN2C(=O)NC(C)(C3CCCCC3)C2=O)c(OC)c1. The number of methoxy groups -OCH3 is 1. The van der Waals surface area contributed by atoms with Gasteiger partial charge in [0.05, 0.1) is 13.7 Å². The topological polar surface area (TPSA) is 88.1 Å². The maximum Gasteiger partial charge on any atom is 0.325 e. The van der Waals surface area contributed by atoms with Gasteiger partial charge in [-0.15, -0.1) is 0 Å². The Kier molecular flexibility index (Phi) is 7.02. The van der Waals surface area contributed by atoms with Crippen molar-refractivity contribution in [3.05, 3.63) is 29.8 Å². The van der Waals surface area contributed by atoms with Gasteiger partial charge >= 0.3 is 6.03 Å². The van der Waals surface area contributed by atoms with E-state index < -0.39 is 17.7 Å². The minimum Gasteiger partial charge on any atom is -0.493 e. The molecule has 0 bridgehead atoms. The van der Waals surface area contributed by atoms with Crippen LogP contribution in [0.1, 0.15) is 51.5 Å². The first kappa shape index (κ1) is 22.2. The van der Waals surface area contributed by atoms with E-state index in [2.05, 4.69) is 5.32 Å². The van der Waals surface area contributed by atoms with Gasteiger partial charge in [0, 0.05) is 0 Å². The molecule has 0 spiro atoms. The maximum absolute atomic E-state index is 13.0. The molecule has 1 saturated carbocycles. The summed E-state index contributed by atoms with van der Waals surface area (Å²) >= 11 is 0. The lowest BCUT2D eigenvalue weighted by molar-refractivity contribution is -0.134. The largest absolute Gasteiger partial charge is 0.493 e. The van der Waals surface area contributed by atoms with E-state index in [1.165, 1.54) is 6.42 Å². The molecule has 7 nitrogen and oxygen atoms in total. The van der Waals surface area contributed by atoms with Gasteiger partial charge in [0.25, 0.3) is 5.91 Å². The van der Waals surface area contributed by atoms with E-state index in [1.54, 1.807) is 13.2 Å². The number of rotatable bonds is 8. The molecule has 30 heavy (non-hydrogen) atoms. The van der Waals surface area contributed by atoms with Crippen molar-refractivity contribution in [3.63, 3.8) is 0 Å². The quantitative estimate of drug-likeness (QED) is 0.635. The molecular formula is C23H32N2O5. The van der Waals surface area contributed by atoms with Crippen LogP contribution < -0.4 is 14.8 Å². The first-order chi connectivity index (χ1) is 14.4. The van der Waals surface area contributed by atoms with Gasteiger partial charge in [-0.2, -0.15) is 0 Å². The van der Waals surface area contributed by atoms with Crippen LogP contribution >= 0.6 is 0 Å². The highest BCUT2D eigenvalue weighted by Gasteiger charge is 2.52. The Balaban J connectivity index is 1.60. The standard InChI is InChI=1S/C23H32N2O5/c1-4-8-16-11-12-19(20(13-16)29-3)30-15-18(26)14-25-21(27)23(2,24-22(25)28)17-9-6-5-7-10-17/h4,8,11-13,17-18,26H,5-7,9-10,14-15H2,1-3H3,(H,24,28)/b8-4+. The van der Waals surface area contributed by atoms with E-state index in [9.17, 15) is 14.7 Å². The van der Waals surface area contributed by atoms with Crippen molar-refractivity contribution in [2.75, 3.05) is 20.3 Å². The van der Waals surface area contributed by atoms with E-state index in [-0.39, 0.29) is 25.0 Å². The number of ether oxygens (including phenoxy) is 2. The van der Waals surface area contributed by atoms with Crippen molar-refractivity contribution >= 4 is 18.0 Å². The summed E-state index contributed by atoms with van der Waals surface area (Å²) in [5, 5.41) is 13.3. The molecule has 1 saturated heterocycles. The number of hydrogen-bond acceptors (Lipinski definition) is 5. The monoisotopic (exact) mass is 416 g/mol. The average Bonchev–Trinajstić information content (AvgIpc) is 2.97. The summed E-state index contributed by atoms with van der Waals surface area (Å²) in [5.74, 6) is 0.930. The number of benzene rings is 1. The summed E-state index contributed by atoms with van der Waals surface area (Å²) in [7, 11) is 1.55. The number of aliphatic hydroxyl groups is 1. The zero-order valence-corrected chi connectivity index (χ0v) is 18.0. The Morgan fingerprint density at radius 1 is 1.27 bits per heavy atom. The third-order valence-electron chi connectivity index (χ3n) is 6.09. The van der Waals surface area contributed by atoms with E-state index in [0.29, 0.717) is 11.5 Å². The van der Waals surface area contributed by atoms with Gasteiger partial charge in [-0.3, -0.25) is 9.69 Å². The van der Waals surface area contributed by atoms with Gasteiger partial charge in [0.2, 0.25) is 0 Å². The minimum absolute atomic E-state index is 0.0590. The van der Waals surface area contributed by atoms with Crippen LogP contribution in [0.15, 0.2) is 24.3 Å². The molecule has 1 aliphatic carbocycles. The molecule has 0 aromatic heterocycles. The van der Waals surface area contributed by atoms with Gasteiger partial charge < -0.3 is 19.9 Å². The van der Waals surface area contributed by atoms with Crippen LogP contribution in [0.3, 0.4) is 0 Å². The van der Waals surface area contributed by atoms with Crippen molar-refractivity contribution in [2.45, 2.75) is 57.6 Å². The molecule has 1 heterocycles. The number of hydrogen-bond donors (Lipinski definition) is 2. The third kappa shape index (κ3) is 4.61. The average molecular weight is 417 g/mol. The van der Waals surface area contributed by atoms with Crippen molar-refractivity contribution in [3.8, 4) is 11.5 Å². The fourth-order valence-corrected chi connectivity index (χ4v) is 4.39. The third-order valence-corrected chi connectivity index (χ3v) is 6.09. The summed E-state index contributed by atoms with van der Waals surface area (Å²) in [6, 6.07) is 5.06. The zero-order valence-electron chi connectivity index (χ0n) is 18.0. The molecular weight excluding hydrogens is 384 g/mol. The highest BCUT2D eigenvalue weighted by Crippen LogP contribution is 2.36. The van der Waals surface area contributed by atoms with E-state index in [4.69, 9.17) is 9.47 Å². The van der Waals surface area contributed by atoms with Crippen LogP contribution in [0, 0.1) is 5.92 Å². The highest BCUT2D eigenvalue weighted by atomic mass is 16.5. The molecule has 7 heteroatoms. The molecule has 2 atom stereocenters.